The van der Waals surface area contributed by atoms with E-state index in [1.165, 1.54) is 0 Å². The molecule has 0 aromatic heterocycles. The van der Waals surface area contributed by atoms with Crippen LogP contribution in [0.1, 0.15) is 19.4 Å². The number of para-hydroxylation sites is 1. The highest BCUT2D eigenvalue weighted by atomic mass is 16.5. The Labute approximate surface area is 95.1 Å². The van der Waals surface area contributed by atoms with E-state index in [0.717, 1.165) is 5.56 Å². The summed E-state index contributed by atoms with van der Waals surface area (Å²) in [5.74, 6) is 1.19. The Morgan fingerprint density at radius 1 is 1.19 bits per heavy atom. The first-order valence-corrected chi connectivity index (χ1v) is 4.89. The first-order valence-electron chi connectivity index (χ1n) is 4.89. The first-order chi connectivity index (χ1) is 7.56. The largest absolute Gasteiger partial charge is 0.493 e. The maximum absolute atomic E-state index is 10.5. The van der Waals surface area contributed by atoms with Gasteiger partial charge >= 0.3 is 0 Å². The quantitative estimate of drug-likeness (QED) is 0.718. The lowest BCUT2D eigenvalue weighted by atomic mass is 9.96. The summed E-state index contributed by atoms with van der Waals surface area (Å²) in [7, 11) is 3.12. The molecule has 0 heterocycles. The van der Waals surface area contributed by atoms with Gasteiger partial charge in [0, 0.05) is 5.56 Å². The van der Waals surface area contributed by atoms with E-state index < -0.39 is 5.60 Å². The van der Waals surface area contributed by atoms with E-state index in [-0.39, 0.29) is 0 Å². The second-order valence-corrected chi connectivity index (χ2v) is 3.77. The van der Waals surface area contributed by atoms with E-state index in [4.69, 9.17) is 14.2 Å². The van der Waals surface area contributed by atoms with E-state index in [1.807, 2.05) is 12.1 Å². The Hall–Kier alpha value is -1.71. The van der Waals surface area contributed by atoms with E-state index in [1.54, 1.807) is 34.1 Å². The number of benzene rings is 1. The van der Waals surface area contributed by atoms with Crippen LogP contribution >= 0.6 is 0 Å². The lowest BCUT2D eigenvalue weighted by Crippen LogP contribution is -2.21. The topological polar surface area (TPSA) is 44.8 Å². The molecule has 0 atom stereocenters. The van der Waals surface area contributed by atoms with Gasteiger partial charge in [-0.15, -0.1) is 0 Å². The second kappa shape index (κ2) is 4.88. The third-order valence-corrected chi connectivity index (χ3v) is 2.39. The number of ether oxygens (including phenoxy) is 3. The molecular weight excluding hydrogens is 208 g/mol. The summed E-state index contributed by atoms with van der Waals surface area (Å²) < 4.78 is 15.5. The number of carbonyl (C=O) groups excluding carboxylic acids is 1. The summed E-state index contributed by atoms with van der Waals surface area (Å²) in [6, 6.07) is 5.46. The highest BCUT2D eigenvalue weighted by Gasteiger charge is 2.27. The fourth-order valence-corrected chi connectivity index (χ4v) is 1.54. The predicted octanol–water partition coefficient (Wildman–Crippen LogP) is 2.11. The number of carbonyl (C=O) groups is 1. The second-order valence-electron chi connectivity index (χ2n) is 3.77. The minimum atomic E-state index is -0.748. The highest BCUT2D eigenvalue weighted by Crippen LogP contribution is 2.38. The molecule has 1 aromatic carbocycles. The molecule has 4 heteroatoms. The van der Waals surface area contributed by atoms with Gasteiger partial charge < -0.3 is 14.2 Å². The standard InChI is InChI=1S/C12H16O4/c1-12(2,16-8-13)9-6-5-7-10(14-3)11(9)15-4/h5-8H,1-4H3. The van der Waals surface area contributed by atoms with Crippen LogP contribution in [0.25, 0.3) is 0 Å². The van der Waals surface area contributed by atoms with Gasteiger partial charge in [0.05, 0.1) is 14.2 Å². The Bertz CT molecular complexity index is 371. The normalized spacial score (nSPS) is 10.8. The van der Waals surface area contributed by atoms with Crippen molar-refractivity contribution in [2.45, 2.75) is 19.4 Å². The van der Waals surface area contributed by atoms with Crippen LogP contribution in [0.4, 0.5) is 0 Å². The van der Waals surface area contributed by atoms with Crippen molar-refractivity contribution in [3.05, 3.63) is 23.8 Å². The van der Waals surface area contributed by atoms with Crippen molar-refractivity contribution in [2.75, 3.05) is 14.2 Å². The maximum Gasteiger partial charge on any atom is 0.293 e. The molecule has 16 heavy (non-hydrogen) atoms. The summed E-state index contributed by atoms with van der Waals surface area (Å²) in [6.45, 7) is 4.01. The Balaban J connectivity index is 3.26. The zero-order chi connectivity index (χ0) is 12.2. The van der Waals surface area contributed by atoms with Crippen molar-refractivity contribution < 1.29 is 19.0 Å². The summed E-state index contributed by atoms with van der Waals surface area (Å²) >= 11 is 0. The molecule has 1 aromatic rings. The van der Waals surface area contributed by atoms with Gasteiger partial charge in [0.1, 0.15) is 5.60 Å². The van der Waals surface area contributed by atoms with Crippen molar-refractivity contribution in [3.8, 4) is 11.5 Å². The van der Waals surface area contributed by atoms with Crippen molar-refractivity contribution in [1.82, 2.24) is 0 Å². The molecule has 0 saturated carbocycles. The monoisotopic (exact) mass is 224 g/mol. The molecule has 0 aliphatic heterocycles. The van der Waals surface area contributed by atoms with Crippen molar-refractivity contribution in [2.24, 2.45) is 0 Å². The molecule has 0 spiro atoms. The average molecular weight is 224 g/mol. The lowest BCUT2D eigenvalue weighted by Gasteiger charge is -2.25. The van der Waals surface area contributed by atoms with Crippen molar-refractivity contribution in [1.29, 1.82) is 0 Å². The highest BCUT2D eigenvalue weighted by molar-refractivity contribution is 5.50. The summed E-state index contributed by atoms with van der Waals surface area (Å²) in [5, 5.41) is 0. The third kappa shape index (κ3) is 2.27. The van der Waals surface area contributed by atoms with Crippen LogP contribution in [0, 0.1) is 0 Å². The number of hydrogen-bond donors (Lipinski definition) is 0. The fourth-order valence-electron chi connectivity index (χ4n) is 1.54. The molecule has 0 bridgehead atoms. The molecule has 1 rings (SSSR count). The molecule has 4 nitrogen and oxygen atoms in total. The van der Waals surface area contributed by atoms with E-state index in [2.05, 4.69) is 0 Å². The van der Waals surface area contributed by atoms with Crippen molar-refractivity contribution >= 4 is 6.47 Å². The molecule has 0 radical (unpaired) electrons. The van der Waals surface area contributed by atoms with Gasteiger partial charge in [0.25, 0.3) is 6.47 Å². The van der Waals surface area contributed by atoms with Gasteiger partial charge in [-0.05, 0) is 19.9 Å². The van der Waals surface area contributed by atoms with Gasteiger partial charge in [-0.1, -0.05) is 12.1 Å². The van der Waals surface area contributed by atoms with Crippen LogP contribution in [-0.2, 0) is 15.1 Å². The Kier molecular flexibility index (Phi) is 3.77. The van der Waals surface area contributed by atoms with Crippen molar-refractivity contribution in [3.63, 3.8) is 0 Å². The molecule has 88 valence electrons. The van der Waals surface area contributed by atoms with Gasteiger partial charge in [-0.3, -0.25) is 4.79 Å². The average Bonchev–Trinajstić information content (AvgIpc) is 2.27. The summed E-state index contributed by atoms with van der Waals surface area (Å²) in [6.07, 6.45) is 0. The summed E-state index contributed by atoms with van der Waals surface area (Å²) in [5.41, 5.74) is 0.0169. The molecule has 0 aliphatic carbocycles. The van der Waals surface area contributed by atoms with Crippen LogP contribution in [0.2, 0.25) is 0 Å². The molecule has 0 N–H and O–H groups in total. The van der Waals surface area contributed by atoms with E-state index >= 15 is 0 Å². The predicted molar refractivity (Wildman–Crippen MR) is 59.7 cm³/mol. The molecule has 0 saturated heterocycles. The van der Waals surface area contributed by atoms with Gasteiger partial charge in [0.15, 0.2) is 11.5 Å². The molecule has 0 fully saturated rings. The van der Waals surface area contributed by atoms with E-state index in [9.17, 15) is 4.79 Å². The Morgan fingerprint density at radius 2 is 1.88 bits per heavy atom. The third-order valence-electron chi connectivity index (χ3n) is 2.39. The molecule has 0 amide bonds. The van der Waals surface area contributed by atoms with Gasteiger partial charge in [-0.25, -0.2) is 0 Å². The van der Waals surface area contributed by atoms with Gasteiger partial charge in [0.2, 0.25) is 0 Å². The van der Waals surface area contributed by atoms with Crippen LogP contribution in [0.5, 0.6) is 11.5 Å². The van der Waals surface area contributed by atoms with Crippen LogP contribution in [-0.4, -0.2) is 20.7 Å². The molecule has 0 aliphatic rings. The zero-order valence-electron chi connectivity index (χ0n) is 9.94. The Morgan fingerprint density at radius 3 is 2.38 bits per heavy atom. The fraction of sp³-hybridized carbons (Fsp3) is 0.417. The van der Waals surface area contributed by atoms with E-state index in [0.29, 0.717) is 18.0 Å². The van der Waals surface area contributed by atoms with Gasteiger partial charge in [-0.2, -0.15) is 0 Å². The molecular formula is C12H16O4. The number of rotatable bonds is 5. The van der Waals surface area contributed by atoms with Crippen LogP contribution < -0.4 is 9.47 Å². The number of hydrogen-bond acceptors (Lipinski definition) is 4. The summed E-state index contributed by atoms with van der Waals surface area (Å²) in [4.78, 5) is 10.5. The SMILES string of the molecule is COc1cccc(C(C)(C)OC=O)c1OC. The maximum atomic E-state index is 10.5. The first kappa shape index (κ1) is 12.4. The number of methoxy groups -OCH3 is 2. The minimum absolute atomic E-state index is 0.429. The minimum Gasteiger partial charge on any atom is -0.493 e. The molecule has 0 unspecified atom stereocenters. The van der Waals surface area contributed by atoms with Crippen LogP contribution in [0.15, 0.2) is 18.2 Å². The lowest BCUT2D eigenvalue weighted by molar-refractivity contribution is -0.141. The smallest absolute Gasteiger partial charge is 0.293 e. The zero-order valence-corrected chi connectivity index (χ0v) is 9.94. The van der Waals surface area contributed by atoms with Crippen LogP contribution in [0.3, 0.4) is 0 Å².